The first-order valence-corrected chi connectivity index (χ1v) is 7.58. The number of halogens is 1. The molecule has 0 saturated carbocycles. The highest BCUT2D eigenvalue weighted by molar-refractivity contribution is 9.10. The molecule has 1 aliphatic rings. The van der Waals surface area contributed by atoms with Gasteiger partial charge in [-0.15, -0.1) is 0 Å². The van der Waals surface area contributed by atoms with E-state index < -0.39 is 0 Å². The summed E-state index contributed by atoms with van der Waals surface area (Å²) < 4.78 is 1.15. The molecule has 2 atom stereocenters. The Morgan fingerprint density at radius 1 is 1.21 bits per heavy atom. The monoisotopic (exact) mass is 315 g/mol. The molecule has 0 spiro atoms. The van der Waals surface area contributed by atoms with Gasteiger partial charge in [-0.2, -0.15) is 0 Å². The Hall–Kier alpha value is -1.12. The second kappa shape index (κ2) is 5.48. The van der Waals surface area contributed by atoms with E-state index in [1.165, 1.54) is 29.5 Å². The van der Waals surface area contributed by atoms with Gasteiger partial charge in [0.2, 0.25) is 0 Å². The van der Waals surface area contributed by atoms with Crippen molar-refractivity contribution in [3.8, 4) is 0 Å². The molecule has 1 nitrogen and oxygen atoms in total. The smallest absolute Gasteiger partial charge is 0.0323 e. The third kappa shape index (κ3) is 2.60. The summed E-state index contributed by atoms with van der Waals surface area (Å²) in [6, 6.07) is 17.8. The molecule has 3 rings (SSSR count). The predicted octanol–water partition coefficient (Wildman–Crippen LogP) is 4.44. The van der Waals surface area contributed by atoms with Crippen LogP contribution < -0.4 is 5.32 Å². The van der Waals surface area contributed by atoms with Crippen LogP contribution in [0, 0.1) is 0 Å². The van der Waals surface area contributed by atoms with E-state index in [1.807, 2.05) is 0 Å². The average molecular weight is 316 g/mol. The molecule has 0 fully saturated rings. The van der Waals surface area contributed by atoms with E-state index in [0.29, 0.717) is 12.0 Å². The molecule has 2 unspecified atom stereocenters. The molecule has 0 radical (unpaired) electrons. The molecular formula is C17H18BrN. The van der Waals surface area contributed by atoms with Crippen LogP contribution in [0.2, 0.25) is 0 Å². The first-order valence-electron chi connectivity index (χ1n) is 6.78. The summed E-state index contributed by atoms with van der Waals surface area (Å²) in [6.07, 6.45) is 2.40. The molecular weight excluding hydrogens is 298 g/mol. The summed E-state index contributed by atoms with van der Waals surface area (Å²) in [5, 5.41) is 3.45. The molecule has 1 N–H and O–H groups in total. The molecule has 0 aromatic heterocycles. The molecule has 2 aromatic rings. The van der Waals surface area contributed by atoms with E-state index >= 15 is 0 Å². The topological polar surface area (TPSA) is 12.0 Å². The lowest BCUT2D eigenvalue weighted by Crippen LogP contribution is -2.25. The molecule has 0 saturated heterocycles. The molecule has 98 valence electrons. The maximum atomic E-state index is 3.55. The van der Waals surface area contributed by atoms with Gasteiger partial charge in [0.25, 0.3) is 0 Å². The Morgan fingerprint density at radius 3 is 2.79 bits per heavy atom. The van der Waals surface area contributed by atoms with E-state index in [-0.39, 0.29) is 0 Å². The minimum Gasteiger partial charge on any atom is -0.313 e. The SMILES string of the molecule is CNC(CC1Cc2ccccc21)c1cccc(Br)c1. The van der Waals surface area contributed by atoms with Crippen molar-refractivity contribution in [2.75, 3.05) is 7.05 Å². The van der Waals surface area contributed by atoms with Crippen LogP contribution in [-0.4, -0.2) is 7.05 Å². The van der Waals surface area contributed by atoms with Gasteiger partial charge in [0.1, 0.15) is 0 Å². The number of nitrogens with one attached hydrogen (secondary N) is 1. The van der Waals surface area contributed by atoms with Crippen molar-refractivity contribution in [3.05, 3.63) is 69.7 Å². The number of hydrogen-bond acceptors (Lipinski definition) is 1. The molecule has 2 heteroatoms. The van der Waals surface area contributed by atoms with Gasteiger partial charge in [0, 0.05) is 10.5 Å². The maximum Gasteiger partial charge on any atom is 0.0323 e. The third-order valence-corrected chi connectivity index (χ3v) is 4.57. The van der Waals surface area contributed by atoms with Crippen LogP contribution in [0.15, 0.2) is 53.0 Å². The van der Waals surface area contributed by atoms with Crippen molar-refractivity contribution in [1.82, 2.24) is 5.32 Å². The summed E-state index contributed by atoms with van der Waals surface area (Å²) in [5.41, 5.74) is 4.43. The van der Waals surface area contributed by atoms with Crippen molar-refractivity contribution in [2.45, 2.75) is 24.8 Å². The van der Waals surface area contributed by atoms with Crippen molar-refractivity contribution in [2.24, 2.45) is 0 Å². The Labute approximate surface area is 123 Å². The lowest BCUT2D eigenvalue weighted by molar-refractivity contribution is 0.452. The van der Waals surface area contributed by atoms with Gasteiger partial charge < -0.3 is 5.32 Å². The van der Waals surface area contributed by atoms with Crippen molar-refractivity contribution < 1.29 is 0 Å². The molecule has 19 heavy (non-hydrogen) atoms. The van der Waals surface area contributed by atoms with Gasteiger partial charge in [-0.3, -0.25) is 0 Å². The molecule has 0 aliphatic heterocycles. The van der Waals surface area contributed by atoms with E-state index in [9.17, 15) is 0 Å². The lowest BCUT2D eigenvalue weighted by atomic mass is 9.74. The fourth-order valence-electron chi connectivity index (χ4n) is 3.00. The van der Waals surface area contributed by atoms with Gasteiger partial charge in [-0.25, -0.2) is 0 Å². The molecule has 1 aliphatic carbocycles. The van der Waals surface area contributed by atoms with Gasteiger partial charge >= 0.3 is 0 Å². The maximum absolute atomic E-state index is 3.55. The highest BCUT2D eigenvalue weighted by Crippen LogP contribution is 2.40. The Bertz CT molecular complexity index is 579. The average Bonchev–Trinajstić information content (AvgIpc) is 2.40. The zero-order chi connectivity index (χ0) is 13.2. The van der Waals surface area contributed by atoms with E-state index in [4.69, 9.17) is 0 Å². The summed E-state index contributed by atoms with van der Waals surface area (Å²) >= 11 is 3.55. The number of hydrogen-bond donors (Lipinski definition) is 1. The fraction of sp³-hybridized carbons (Fsp3) is 0.294. The van der Waals surface area contributed by atoms with Gasteiger partial charge in [-0.1, -0.05) is 52.3 Å². The van der Waals surface area contributed by atoms with E-state index in [1.54, 1.807) is 0 Å². The number of benzene rings is 2. The largest absolute Gasteiger partial charge is 0.313 e. The summed E-state index contributed by atoms with van der Waals surface area (Å²) in [7, 11) is 2.05. The first-order chi connectivity index (χ1) is 9.28. The number of rotatable bonds is 4. The molecule has 0 heterocycles. The zero-order valence-corrected chi connectivity index (χ0v) is 12.7. The first kappa shape index (κ1) is 12.9. The standard InChI is InChI=1S/C17H18BrN/c1-19-17(13-6-4-7-15(18)10-13)11-14-9-12-5-2-3-8-16(12)14/h2-8,10,14,17,19H,9,11H2,1H3. The summed E-state index contributed by atoms with van der Waals surface area (Å²) in [5.74, 6) is 0.702. The Kier molecular flexibility index (Phi) is 3.72. The number of fused-ring (bicyclic) bond motifs is 1. The Morgan fingerprint density at radius 2 is 2.05 bits per heavy atom. The van der Waals surface area contributed by atoms with Gasteiger partial charge in [0.15, 0.2) is 0 Å². The van der Waals surface area contributed by atoms with Crippen LogP contribution in [0.3, 0.4) is 0 Å². The fourth-order valence-corrected chi connectivity index (χ4v) is 3.42. The van der Waals surface area contributed by atoms with Crippen LogP contribution in [0.4, 0.5) is 0 Å². The molecule has 0 amide bonds. The minimum atomic E-state index is 0.427. The van der Waals surface area contributed by atoms with Crippen LogP contribution >= 0.6 is 15.9 Å². The zero-order valence-electron chi connectivity index (χ0n) is 11.1. The predicted molar refractivity (Wildman–Crippen MR) is 83.4 cm³/mol. The van der Waals surface area contributed by atoms with Crippen LogP contribution in [-0.2, 0) is 6.42 Å². The summed E-state index contributed by atoms with van der Waals surface area (Å²) in [6.45, 7) is 0. The van der Waals surface area contributed by atoms with Gasteiger partial charge in [0.05, 0.1) is 0 Å². The highest BCUT2D eigenvalue weighted by Gasteiger charge is 2.28. The van der Waals surface area contributed by atoms with E-state index in [2.05, 4.69) is 76.8 Å². The van der Waals surface area contributed by atoms with Crippen LogP contribution in [0.25, 0.3) is 0 Å². The third-order valence-electron chi connectivity index (χ3n) is 4.08. The van der Waals surface area contributed by atoms with Crippen LogP contribution in [0.5, 0.6) is 0 Å². The second-order valence-electron chi connectivity index (χ2n) is 5.23. The second-order valence-corrected chi connectivity index (χ2v) is 6.15. The van der Waals surface area contributed by atoms with Gasteiger partial charge in [-0.05, 0) is 54.6 Å². The Balaban J connectivity index is 1.76. The quantitative estimate of drug-likeness (QED) is 0.879. The lowest BCUT2D eigenvalue weighted by Gasteiger charge is -2.33. The minimum absolute atomic E-state index is 0.427. The highest BCUT2D eigenvalue weighted by atomic mass is 79.9. The van der Waals surface area contributed by atoms with Crippen molar-refractivity contribution >= 4 is 15.9 Å². The van der Waals surface area contributed by atoms with Crippen LogP contribution in [0.1, 0.15) is 35.1 Å². The van der Waals surface area contributed by atoms with E-state index in [0.717, 1.165) is 4.47 Å². The molecule has 0 bridgehead atoms. The van der Waals surface area contributed by atoms with Crippen molar-refractivity contribution in [1.29, 1.82) is 0 Å². The normalized spacial score (nSPS) is 18.5. The molecule has 2 aromatic carbocycles. The van der Waals surface area contributed by atoms with Crippen molar-refractivity contribution in [3.63, 3.8) is 0 Å². The summed E-state index contributed by atoms with van der Waals surface area (Å²) in [4.78, 5) is 0.